The summed E-state index contributed by atoms with van der Waals surface area (Å²) in [5.41, 5.74) is -2.48. The third-order valence-corrected chi connectivity index (χ3v) is 7.42. The molecule has 2 aliphatic heterocycles. The SMILES string of the molecule is CCN1C(=O)CC(CC(=O)N(CC2CCC2)CC2CCCO2)(c2cccc(C(F)(F)F)c2)C1=O. The van der Waals surface area contributed by atoms with Crippen LogP contribution >= 0.6 is 0 Å². The minimum atomic E-state index is -4.60. The quantitative estimate of drug-likeness (QED) is 0.529. The number of likely N-dealkylation sites (N-methyl/N-ethyl adjacent to an activating group) is 1. The highest BCUT2D eigenvalue weighted by molar-refractivity contribution is 6.10. The maximum absolute atomic E-state index is 13.6. The van der Waals surface area contributed by atoms with Gasteiger partial charge in [-0.05, 0) is 50.2 Å². The lowest BCUT2D eigenvalue weighted by molar-refractivity contribution is -0.143. The molecule has 2 atom stereocenters. The molecule has 1 aromatic rings. The van der Waals surface area contributed by atoms with E-state index in [4.69, 9.17) is 4.74 Å². The molecule has 9 heteroatoms. The first-order valence-corrected chi connectivity index (χ1v) is 12.1. The summed E-state index contributed by atoms with van der Waals surface area (Å²) in [7, 11) is 0. The van der Waals surface area contributed by atoms with Crippen LogP contribution in [0.5, 0.6) is 0 Å². The molecule has 0 N–H and O–H groups in total. The van der Waals surface area contributed by atoms with Gasteiger partial charge < -0.3 is 9.64 Å². The molecule has 1 aromatic carbocycles. The van der Waals surface area contributed by atoms with Crippen LogP contribution < -0.4 is 0 Å². The van der Waals surface area contributed by atoms with E-state index in [1.54, 1.807) is 11.8 Å². The Balaban J connectivity index is 1.67. The van der Waals surface area contributed by atoms with Gasteiger partial charge in [0.15, 0.2) is 0 Å². The second-order valence-corrected chi connectivity index (χ2v) is 9.69. The average Bonchev–Trinajstić information content (AvgIpc) is 3.35. The van der Waals surface area contributed by atoms with Crippen LogP contribution in [0.2, 0.25) is 0 Å². The molecule has 2 saturated heterocycles. The van der Waals surface area contributed by atoms with Crippen LogP contribution in [0.1, 0.15) is 63.0 Å². The number of carbonyl (C=O) groups is 3. The number of hydrogen-bond acceptors (Lipinski definition) is 4. The maximum Gasteiger partial charge on any atom is 0.416 e. The van der Waals surface area contributed by atoms with Crippen LogP contribution in [0.25, 0.3) is 0 Å². The van der Waals surface area contributed by atoms with Gasteiger partial charge in [-0.15, -0.1) is 0 Å². The second-order valence-electron chi connectivity index (χ2n) is 9.69. The van der Waals surface area contributed by atoms with Gasteiger partial charge in [-0.2, -0.15) is 13.2 Å². The average molecular weight is 481 g/mol. The van der Waals surface area contributed by atoms with Crippen LogP contribution in [-0.4, -0.2) is 59.9 Å². The van der Waals surface area contributed by atoms with Crippen LogP contribution in [-0.2, 0) is 30.7 Å². The van der Waals surface area contributed by atoms with Crippen molar-refractivity contribution in [3.63, 3.8) is 0 Å². The number of alkyl halides is 3. The number of nitrogens with zero attached hydrogens (tertiary/aromatic N) is 2. The fraction of sp³-hybridized carbons (Fsp3) is 0.640. The molecule has 3 aliphatic rings. The molecule has 3 fully saturated rings. The molecule has 2 unspecified atom stereocenters. The highest BCUT2D eigenvalue weighted by Crippen LogP contribution is 2.42. The fourth-order valence-corrected chi connectivity index (χ4v) is 5.25. The van der Waals surface area contributed by atoms with Crippen molar-refractivity contribution in [2.24, 2.45) is 5.92 Å². The van der Waals surface area contributed by atoms with Gasteiger partial charge >= 0.3 is 6.18 Å². The number of benzene rings is 1. The lowest BCUT2D eigenvalue weighted by Crippen LogP contribution is -2.47. The predicted octanol–water partition coefficient (Wildman–Crippen LogP) is 3.92. The number of imide groups is 1. The third-order valence-electron chi connectivity index (χ3n) is 7.42. The Kier molecular flexibility index (Phi) is 7.03. The Hall–Kier alpha value is -2.42. The maximum atomic E-state index is 13.6. The summed E-state index contributed by atoms with van der Waals surface area (Å²) in [5.74, 6) is -1.02. The van der Waals surface area contributed by atoms with Gasteiger partial charge in [0, 0.05) is 39.1 Å². The van der Waals surface area contributed by atoms with Crippen LogP contribution in [0.4, 0.5) is 13.2 Å². The van der Waals surface area contributed by atoms with E-state index in [1.165, 1.54) is 12.1 Å². The van der Waals surface area contributed by atoms with Crippen molar-refractivity contribution in [1.29, 1.82) is 0 Å². The normalized spacial score (nSPS) is 25.6. The van der Waals surface area contributed by atoms with Gasteiger partial charge in [-0.3, -0.25) is 19.3 Å². The minimum Gasteiger partial charge on any atom is -0.376 e. The Morgan fingerprint density at radius 3 is 2.50 bits per heavy atom. The van der Waals surface area contributed by atoms with Gasteiger partial charge in [-0.1, -0.05) is 24.6 Å². The van der Waals surface area contributed by atoms with Crippen molar-refractivity contribution >= 4 is 17.7 Å². The van der Waals surface area contributed by atoms with Gasteiger partial charge in [0.05, 0.1) is 17.1 Å². The van der Waals surface area contributed by atoms with Crippen molar-refractivity contribution < 1.29 is 32.3 Å². The van der Waals surface area contributed by atoms with Crippen molar-refractivity contribution in [2.75, 3.05) is 26.2 Å². The lowest BCUT2D eigenvalue weighted by Gasteiger charge is -2.36. The molecule has 0 bridgehead atoms. The number of likely N-dealkylation sites (tertiary alicyclic amines) is 1. The number of ether oxygens (including phenoxy) is 1. The monoisotopic (exact) mass is 480 g/mol. The van der Waals surface area contributed by atoms with Gasteiger partial charge in [0.2, 0.25) is 17.7 Å². The topological polar surface area (TPSA) is 66.9 Å². The summed E-state index contributed by atoms with van der Waals surface area (Å²) in [6.07, 6.45) is -0.423. The van der Waals surface area contributed by atoms with E-state index in [9.17, 15) is 27.6 Å². The highest BCUT2D eigenvalue weighted by Gasteiger charge is 2.54. The molecular formula is C25H31F3N2O4. The Bertz CT molecular complexity index is 940. The van der Waals surface area contributed by atoms with E-state index in [0.717, 1.165) is 49.1 Å². The molecule has 1 saturated carbocycles. The van der Waals surface area contributed by atoms with E-state index in [-0.39, 0.29) is 37.0 Å². The Morgan fingerprint density at radius 1 is 1.18 bits per heavy atom. The summed E-state index contributed by atoms with van der Waals surface area (Å²) in [5, 5.41) is 0. The number of halogens is 3. The van der Waals surface area contributed by atoms with Crippen LogP contribution in [0, 0.1) is 5.92 Å². The van der Waals surface area contributed by atoms with Gasteiger partial charge in [-0.25, -0.2) is 0 Å². The number of carbonyl (C=O) groups excluding carboxylic acids is 3. The van der Waals surface area contributed by atoms with Crippen molar-refractivity contribution in [3.8, 4) is 0 Å². The van der Waals surface area contributed by atoms with Gasteiger partial charge in [0.25, 0.3) is 0 Å². The summed E-state index contributed by atoms with van der Waals surface area (Å²) < 4.78 is 46.1. The van der Waals surface area contributed by atoms with E-state index in [1.807, 2.05) is 0 Å². The van der Waals surface area contributed by atoms with Crippen molar-refractivity contribution in [1.82, 2.24) is 9.80 Å². The standard InChI is InChI=1S/C25H31F3N2O4/c1-2-30-22(32)14-24(23(30)33,18-8-4-9-19(12-18)25(26,27)28)13-21(31)29(15-17-6-3-7-17)16-20-10-5-11-34-20/h4,8-9,12,17,20H,2-3,5-7,10-11,13-16H2,1H3. The molecule has 0 spiro atoms. The highest BCUT2D eigenvalue weighted by atomic mass is 19.4. The minimum absolute atomic E-state index is 0.0608. The molecule has 6 nitrogen and oxygen atoms in total. The first-order chi connectivity index (χ1) is 16.1. The lowest BCUT2D eigenvalue weighted by atomic mass is 9.75. The van der Waals surface area contributed by atoms with Crippen LogP contribution in [0.3, 0.4) is 0 Å². The zero-order valence-corrected chi connectivity index (χ0v) is 19.4. The number of hydrogen-bond donors (Lipinski definition) is 0. The Morgan fingerprint density at radius 2 is 1.94 bits per heavy atom. The molecule has 34 heavy (non-hydrogen) atoms. The molecule has 0 aromatic heterocycles. The van der Waals surface area contributed by atoms with E-state index < -0.39 is 29.0 Å². The van der Waals surface area contributed by atoms with E-state index in [0.29, 0.717) is 25.6 Å². The fourth-order valence-electron chi connectivity index (χ4n) is 5.25. The summed E-state index contributed by atoms with van der Waals surface area (Å²) in [6.45, 7) is 3.32. The third kappa shape index (κ3) is 4.85. The molecule has 2 heterocycles. The molecular weight excluding hydrogens is 449 g/mol. The van der Waals surface area contributed by atoms with E-state index >= 15 is 0 Å². The smallest absolute Gasteiger partial charge is 0.376 e. The molecule has 3 amide bonds. The second kappa shape index (κ2) is 9.68. The summed E-state index contributed by atoms with van der Waals surface area (Å²) in [6, 6.07) is 4.49. The van der Waals surface area contributed by atoms with Crippen molar-refractivity contribution in [2.45, 2.75) is 69.6 Å². The van der Waals surface area contributed by atoms with E-state index in [2.05, 4.69) is 0 Å². The zero-order valence-electron chi connectivity index (χ0n) is 19.4. The van der Waals surface area contributed by atoms with Crippen LogP contribution in [0.15, 0.2) is 24.3 Å². The summed E-state index contributed by atoms with van der Waals surface area (Å²) >= 11 is 0. The Labute approximate surface area is 197 Å². The molecule has 4 rings (SSSR count). The first-order valence-electron chi connectivity index (χ1n) is 12.1. The van der Waals surface area contributed by atoms with Gasteiger partial charge in [0.1, 0.15) is 0 Å². The summed E-state index contributed by atoms with van der Waals surface area (Å²) in [4.78, 5) is 42.5. The van der Waals surface area contributed by atoms with Crippen molar-refractivity contribution in [3.05, 3.63) is 35.4 Å². The predicted molar refractivity (Wildman–Crippen MR) is 118 cm³/mol. The zero-order chi connectivity index (χ0) is 24.5. The largest absolute Gasteiger partial charge is 0.416 e. The number of amides is 3. The first kappa shape index (κ1) is 24.7. The molecule has 0 radical (unpaired) electrons. The molecule has 1 aliphatic carbocycles. The molecule has 186 valence electrons. The number of rotatable bonds is 8.